The summed E-state index contributed by atoms with van der Waals surface area (Å²) in [6, 6.07) is 9.13. The van der Waals surface area contributed by atoms with Crippen LogP contribution in [-0.4, -0.2) is 24.1 Å². The van der Waals surface area contributed by atoms with Gasteiger partial charge in [-0.05, 0) is 43.7 Å². The first-order valence-electron chi connectivity index (χ1n) is 7.31. The van der Waals surface area contributed by atoms with E-state index in [1.54, 1.807) is 24.5 Å². The van der Waals surface area contributed by atoms with Gasteiger partial charge >= 0.3 is 0 Å². The minimum absolute atomic E-state index is 0.153. The maximum absolute atomic E-state index is 12.0. The molecule has 0 aliphatic carbocycles. The molecular formula is C17H20N2O3. The van der Waals surface area contributed by atoms with Crippen LogP contribution in [0.4, 0.5) is 0 Å². The van der Waals surface area contributed by atoms with Crippen molar-refractivity contribution in [2.24, 2.45) is 0 Å². The Labute approximate surface area is 130 Å². The van der Waals surface area contributed by atoms with Gasteiger partial charge in [0.25, 0.3) is 5.91 Å². The third-order valence-electron chi connectivity index (χ3n) is 2.98. The lowest BCUT2D eigenvalue weighted by molar-refractivity contribution is 0.0950. The zero-order valence-corrected chi connectivity index (χ0v) is 12.8. The maximum atomic E-state index is 12.0. The van der Waals surface area contributed by atoms with E-state index < -0.39 is 0 Å². The van der Waals surface area contributed by atoms with Gasteiger partial charge in [-0.3, -0.25) is 9.78 Å². The van der Waals surface area contributed by atoms with Crippen molar-refractivity contribution in [3.05, 3.63) is 53.9 Å². The number of nitrogens with zero attached hydrogens (tertiary/aromatic N) is 1. The van der Waals surface area contributed by atoms with Crippen LogP contribution < -0.4 is 14.8 Å². The van der Waals surface area contributed by atoms with Gasteiger partial charge in [0.2, 0.25) is 0 Å². The van der Waals surface area contributed by atoms with Crippen LogP contribution in [0.3, 0.4) is 0 Å². The fourth-order valence-corrected chi connectivity index (χ4v) is 1.99. The second kappa shape index (κ2) is 8.02. The molecule has 0 aliphatic heterocycles. The van der Waals surface area contributed by atoms with Gasteiger partial charge in [0, 0.05) is 18.9 Å². The molecule has 0 aliphatic rings. The van der Waals surface area contributed by atoms with Crippen molar-refractivity contribution in [3.8, 4) is 11.5 Å². The number of carbonyl (C=O) groups excluding carboxylic acids is 1. The molecule has 5 nitrogen and oxygen atoms in total. The van der Waals surface area contributed by atoms with E-state index in [4.69, 9.17) is 9.47 Å². The topological polar surface area (TPSA) is 60.5 Å². The predicted molar refractivity (Wildman–Crippen MR) is 84.2 cm³/mol. The van der Waals surface area contributed by atoms with Gasteiger partial charge in [-0.25, -0.2) is 0 Å². The summed E-state index contributed by atoms with van der Waals surface area (Å²) in [5.41, 5.74) is 1.49. The largest absolute Gasteiger partial charge is 0.490 e. The van der Waals surface area contributed by atoms with Crippen LogP contribution in [0.5, 0.6) is 11.5 Å². The molecule has 1 aromatic heterocycles. The zero-order valence-electron chi connectivity index (χ0n) is 12.8. The molecule has 0 fully saturated rings. The van der Waals surface area contributed by atoms with E-state index in [2.05, 4.69) is 10.3 Å². The monoisotopic (exact) mass is 300 g/mol. The van der Waals surface area contributed by atoms with Crippen LogP contribution >= 0.6 is 0 Å². The molecule has 0 saturated carbocycles. The third-order valence-corrected chi connectivity index (χ3v) is 2.98. The van der Waals surface area contributed by atoms with Gasteiger partial charge in [-0.15, -0.1) is 0 Å². The van der Waals surface area contributed by atoms with Gasteiger partial charge in [-0.1, -0.05) is 6.07 Å². The van der Waals surface area contributed by atoms with Gasteiger partial charge in [0.15, 0.2) is 11.5 Å². The molecule has 22 heavy (non-hydrogen) atoms. The average Bonchev–Trinajstić information content (AvgIpc) is 2.56. The minimum Gasteiger partial charge on any atom is -0.490 e. The number of hydrogen-bond acceptors (Lipinski definition) is 4. The van der Waals surface area contributed by atoms with E-state index in [9.17, 15) is 4.79 Å². The molecule has 1 amide bonds. The normalized spacial score (nSPS) is 10.1. The van der Waals surface area contributed by atoms with Crippen molar-refractivity contribution in [2.45, 2.75) is 20.4 Å². The summed E-state index contributed by atoms with van der Waals surface area (Å²) < 4.78 is 11.1. The second-order valence-electron chi connectivity index (χ2n) is 4.57. The molecule has 5 heteroatoms. The Morgan fingerprint density at radius 2 is 1.91 bits per heavy atom. The molecule has 2 aromatic rings. The fraction of sp³-hybridized carbons (Fsp3) is 0.294. The standard InChI is InChI=1S/C17H20N2O3/c1-3-21-15-8-7-13(10-16(15)22-4-2)11-19-17(20)14-6-5-9-18-12-14/h5-10,12H,3-4,11H2,1-2H3,(H,19,20). The first-order chi connectivity index (χ1) is 10.7. The molecule has 0 unspecified atom stereocenters. The highest BCUT2D eigenvalue weighted by Gasteiger charge is 2.08. The van der Waals surface area contributed by atoms with Gasteiger partial charge < -0.3 is 14.8 Å². The summed E-state index contributed by atoms with van der Waals surface area (Å²) in [5, 5.41) is 2.86. The van der Waals surface area contributed by atoms with Crippen molar-refractivity contribution < 1.29 is 14.3 Å². The predicted octanol–water partition coefficient (Wildman–Crippen LogP) is 2.81. The Hall–Kier alpha value is -2.56. The van der Waals surface area contributed by atoms with Crippen molar-refractivity contribution in [3.63, 3.8) is 0 Å². The Morgan fingerprint density at radius 3 is 2.59 bits per heavy atom. The van der Waals surface area contributed by atoms with E-state index in [1.165, 1.54) is 0 Å². The molecule has 0 atom stereocenters. The van der Waals surface area contributed by atoms with Gasteiger partial charge in [0.05, 0.1) is 18.8 Å². The van der Waals surface area contributed by atoms with E-state index in [-0.39, 0.29) is 5.91 Å². The zero-order chi connectivity index (χ0) is 15.8. The molecule has 0 bridgehead atoms. The van der Waals surface area contributed by atoms with Crippen LogP contribution in [0.2, 0.25) is 0 Å². The lowest BCUT2D eigenvalue weighted by atomic mass is 10.2. The molecule has 116 valence electrons. The average molecular weight is 300 g/mol. The highest BCUT2D eigenvalue weighted by atomic mass is 16.5. The van der Waals surface area contributed by atoms with Crippen LogP contribution in [0.1, 0.15) is 29.8 Å². The van der Waals surface area contributed by atoms with E-state index in [0.717, 1.165) is 5.56 Å². The molecule has 1 N–H and O–H groups in total. The highest BCUT2D eigenvalue weighted by molar-refractivity contribution is 5.93. The Morgan fingerprint density at radius 1 is 1.14 bits per heavy atom. The maximum Gasteiger partial charge on any atom is 0.253 e. The molecule has 0 saturated heterocycles. The molecule has 1 heterocycles. The first kappa shape index (κ1) is 15.8. The van der Waals surface area contributed by atoms with Gasteiger partial charge in [0.1, 0.15) is 0 Å². The second-order valence-corrected chi connectivity index (χ2v) is 4.57. The Bertz CT molecular complexity index is 615. The van der Waals surface area contributed by atoms with Crippen molar-refractivity contribution in [1.29, 1.82) is 0 Å². The van der Waals surface area contributed by atoms with E-state index in [0.29, 0.717) is 36.8 Å². The number of nitrogens with one attached hydrogen (secondary N) is 1. The first-order valence-corrected chi connectivity index (χ1v) is 7.31. The smallest absolute Gasteiger partial charge is 0.253 e. The number of carbonyl (C=O) groups is 1. The minimum atomic E-state index is -0.153. The summed E-state index contributed by atoms with van der Waals surface area (Å²) in [4.78, 5) is 15.9. The molecule has 0 spiro atoms. The van der Waals surface area contributed by atoms with Crippen LogP contribution in [0.15, 0.2) is 42.7 Å². The highest BCUT2D eigenvalue weighted by Crippen LogP contribution is 2.28. The number of benzene rings is 1. The molecule has 0 radical (unpaired) electrons. The Balaban J connectivity index is 2.03. The fourth-order valence-electron chi connectivity index (χ4n) is 1.99. The van der Waals surface area contributed by atoms with Crippen molar-refractivity contribution in [2.75, 3.05) is 13.2 Å². The van der Waals surface area contributed by atoms with Gasteiger partial charge in [-0.2, -0.15) is 0 Å². The van der Waals surface area contributed by atoms with E-state index in [1.807, 2.05) is 32.0 Å². The lowest BCUT2D eigenvalue weighted by Gasteiger charge is -2.12. The quantitative estimate of drug-likeness (QED) is 0.854. The molecular weight excluding hydrogens is 280 g/mol. The summed E-state index contributed by atoms with van der Waals surface area (Å²) in [6.45, 7) is 5.41. The van der Waals surface area contributed by atoms with E-state index >= 15 is 0 Å². The number of rotatable bonds is 7. The van der Waals surface area contributed by atoms with Crippen LogP contribution in [-0.2, 0) is 6.54 Å². The summed E-state index contributed by atoms with van der Waals surface area (Å²) in [5.74, 6) is 1.25. The lowest BCUT2D eigenvalue weighted by Crippen LogP contribution is -2.22. The number of ether oxygens (including phenoxy) is 2. The summed E-state index contributed by atoms with van der Waals surface area (Å²) in [7, 11) is 0. The molecule has 1 aromatic carbocycles. The summed E-state index contributed by atoms with van der Waals surface area (Å²) >= 11 is 0. The molecule has 2 rings (SSSR count). The van der Waals surface area contributed by atoms with Crippen LogP contribution in [0.25, 0.3) is 0 Å². The number of hydrogen-bond donors (Lipinski definition) is 1. The van der Waals surface area contributed by atoms with Crippen molar-refractivity contribution in [1.82, 2.24) is 10.3 Å². The Kier molecular flexibility index (Phi) is 5.77. The number of amides is 1. The summed E-state index contributed by atoms with van der Waals surface area (Å²) in [6.07, 6.45) is 3.18. The van der Waals surface area contributed by atoms with Crippen molar-refractivity contribution >= 4 is 5.91 Å². The van der Waals surface area contributed by atoms with Crippen LogP contribution in [0, 0.1) is 0 Å². The number of pyridine rings is 1. The SMILES string of the molecule is CCOc1ccc(CNC(=O)c2cccnc2)cc1OCC. The third kappa shape index (κ3) is 4.22. The number of aromatic nitrogens is 1.